The zero-order chi connectivity index (χ0) is 23.8. The Morgan fingerprint density at radius 1 is 1.29 bits per heavy atom. The van der Waals surface area contributed by atoms with Gasteiger partial charge in [0.25, 0.3) is 0 Å². The number of fused-ring (bicyclic) bond motifs is 2. The maximum atomic E-state index is 5.81. The number of allylic oxidation sites excluding steroid dienone is 5. The molecule has 35 heavy (non-hydrogen) atoms. The van der Waals surface area contributed by atoms with Gasteiger partial charge in [-0.3, -0.25) is 0 Å². The van der Waals surface area contributed by atoms with Crippen LogP contribution in [0.25, 0.3) is 10.2 Å². The highest BCUT2D eigenvalue weighted by atomic mass is 32.1. The molecule has 2 aliphatic carbocycles. The smallest absolute Gasteiger partial charge is 0.184 e. The average molecular weight is 486 g/mol. The Hall–Kier alpha value is -2.79. The molecule has 0 amide bonds. The van der Waals surface area contributed by atoms with Crippen LogP contribution < -0.4 is 5.32 Å². The molecular formula is C30H35N3OS. The van der Waals surface area contributed by atoms with E-state index in [1.807, 2.05) is 11.3 Å². The summed E-state index contributed by atoms with van der Waals surface area (Å²) in [6.45, 7) is 6.52. The molecule has 1 unspecified atom stereocenters. The van der Waals surface area contributed by atoms with Gasteiger partial charge in [0.15, 0.2) is 5.13 Å². The number of hydrogen-bond donors (Lipinski definition) is 1. The number of ether oxygens (including phenoxy) is 1. The van der Waals surface area contributed by atoms with Crippen molar-refractivity contribution in [2.75, 3.05) is 11.9 Å². The summed E-state index contributed by atoms with van der Waals surface area (Å²) in [6.07, 6.45) is 21.8. The zero-order valence-electron chi connectivity index (χ0n) is 20.7. The second-order valence-electron chi connectivity index (χ2n) is 10.4. The zero-order valence-corrected chi connectivity index (χ0v) is 21.5. The van der Waals surface area contributed by atoms with Crippen LogP contribution in [-0.2, 0) is 11.2 Å². The molecule has 182 valence electrons. The van der Waals surface area contributed by atoms with Crippen molar-refractivity contribution in [3.05, 3.63) is 83.6 Å². The van der Waals surface area contributed by atoms with Crippen molar-refractivity contribution in [1.29, 1.82) is 0 Å². The fourth-order valence-corrected chi connectivity index (χ4v) is 7.02. The first kappa shape index (κ1) is 22.7. The minimum Gasteiger partial charge on any atom is -0.489 e. The summed E-state index contributed by atoms with van der Waals surface area (Å²) in [7, 11) is 0. The first-order chi connectivity index (χ1) is 17.2. The minimum absolute atomic E-state index is 0.529. The summed E-state index contributed by atoms with van der Waals surface area (Å²) in [5.74, 6) is 0.903. The second-order valence-corrected chi connectivity index (χ2v) is 11.4. The number of nitrogens with zero attached hydrogens (tertiary/aromatic N) is 2. The van der Waals surface area contributed by atoms with Gasteiger partial charge in [-0.15, -0.1) is 0 Å². The molecular weight excluding hydrogens is 450 g/mol. The van der Waals surface area contributed by atoms with E-state index < -0.39 is 0 Å². The van der Waals surface area contributed by atoms with Crippen molar-refractivity contribution in [3.8, 4) is 0 Å². The molecule has 2 saturated carbocycles. The van der Waals surface area contributed by atoms with Crippen LogP contribution in [0.3, 0.4) is 0 Å². The molecule has 5 heteroatoms. The van der Waals surface area contributed by atoms with Crippen LogP contribution in [0, 0.1) is 5.41 Å². The fourth-order valence-electron chi connectivity index (χ4n) is 6.03. The molecule has 3 heterocycles. The lowest BCUT2D eigenvalue weighted by molar-refractivity contribution is 0.257. The molecule has 4 nitrogen and oxygen atoms in total. The van der Waals surface area contributed by atoms with E-state index in [1.54, 1.807) is 6.08 Å². The molecule has 1 N–H and O–H groups in total. The fraction of sp³-hybridized carbons (Fsp3) is 0.433. The van der Waals surface area contributed by atoms with E-state index in [4.69, 9.17) is 9.72 Å². The second kappa shape index (κ2) is 9.34. The molecule has 2 aliphatic heterocycles. The minimum atomic E-state index is 0.529. The molecule has 2 fully saturated rings. The Morgan fingerprint density at radius 2 is 2.17 bits per heavy atom. The largest absolute Gasteiger partial charge is 0.489 e. The lowest BCUT2D eigenvalue weighted by Gasteiger charge is -2.33. The number of aromatic nitrogens is 1. The van der Waals surface area contributed by atoms with E-state index >= 15 is 0 Å². The third kappa shape index (κ3) is 4.47. The number of rotatable bonds is 8. The Morgan fingerprint density at radius 3 is 3.00 bits per heavy atom. The highest BCUT2D eigenvalue weighted by molar-refractivity contribution is 7.22. The van der Waals surface area contributed by atoms with E-state index in [9.17, 15) is 0 Å². The van der Waals surface area contributed by atoms with Crippen molar-refractivity contribution in [2.24, 2.45) is 5.41 Å². The van der Waals surface area contributed by atoms with Gasteiger partial charge < -0.3 is 15.0 Å². The summed E-state index contributed by atoms with van der Waals surface area (Å²) in [5.41, 5.74) is 7.05. The lowest BCUT2D eigenvalue weighted by Crippen LogP contribution is -2.24. The summed E-state index contributed by atoms with van der Waals surface area (Å²) in [4.78, 5) is 7.25. The van der Waals surface area contributed by atoms with Gasteiger partial charge in [0.2, 0.25) is 0 Å². The van der Waals surface area contributed by atoms with E-state index in [2.05, 4.69) is 66.3 Å². The normalized spacial score (nSPS) is 22.7. The van der Waals surface area contributed by atoms with Crippen LogP contribution in [-0.4, -0.2) is 22.5 Å². The van der Waals surface area contributed by atoms with Gasteiger partial charge in [-0.1, -0.05) is 62.3 Å². The predicted molar refractivity (Wildman–Crippen MR) is 146 cm³/mol. The van der Waals surface area contributed by atoms with E-state index in [1.165, 1.54) is 65.8 Å². The first-order valence-corrected chi connectivity index (χ1v) is 14.0. The van der Waals surface area contributed by atoms with E-state index in [0.29, 0.717) is 18.1 Å². The maximum absolute atomic E-state index is 5.81. The number of thiazole rings is 1. The van der Waals surface area contributed by atoms with Crippen molar-refractivity contribution in [1.82, 2.24) is 9.88 Å². The van der Waals surface area contributed by atoms with Crippen molar-refractivity contribution in [3.63, 3.8) is 0 Å². The Balaban J connectivity index is 1.16. The van der Waals surface area contributed by atoms with Crippen LogP contribution >= 0.6 is 11.3 Å². The van der Waals surface area contributed by atoms with Crippen LogP contribution in [0.4, 0.5) is 5.13 Å². The molecule has 4 aliphatic rings. The van der Waals surface area contributed by atoms with Gasteiger partial charge in [0, 0.05) is 36.1 Å². The first-order valence-electron chi connectivity index (χ1n) is 13.2. The maximum Gasteiger partial charge on any atom is 0.184 e. The summed E-state index contributed by atoms with van der Waals surface area (Å²) in [5, 5.41) is 4.87. The molecule has 0 saturated heterocycles. The van der Waals surface area contributed by atoms with Gasteiger partial charge in [-0.25, -0.2) is 4.98 Å². The number of hydrogen-bond acceptors (Lipinski definition) is 5. The lowest BCUT2D eigenvalue weighted by atomic mass is 9.86. The van der Waals surface area contributed by atoms with Gasteiger partial charge in [0.1, 0.15) is 12.4 Å². The number of nitrogens with one attached hydrogen (secondary N) is 1. The van der Waals surface area contributed by atoms with Crippen LogP contribution in [0.2, 0.25) is 0 Å². The molecule has 2 aromatic rings. The van der Waals surface area contributed by atoms with Crippen LogP contribution in [0.1, 0.15) is 63.9 Å². The Bertz CT molecular complexity index is 1260. The molecule has 6 rings (SSSR count). The topological polar surface area (TPSA) is 37.4 Å². The number of anilines is 1. The van der Waals surface area contributed by atoms with Crippen LogP contribution in [0.5, 0.6) is 0 Å². The Labute approximate surface area is 212 Å². The molecule has 1 aromatic heterocycles. The van der Waals surface area contributed by atoms with Crippen molar-refractivity contribution < 1.29 is 4.74 Å². The SMILES string of the molecule is C=CCOC1=CC2=C(CC)CC=C(Cc3ccc4nc(NC5CC56CCCCC6)sc4c3)N2C=C1. The standard InChI is InChI=1S/C30H35N3OS/c1-3-16-34-24-12-15-33-23(10-9-22(4-2)26(33)19-24)17-21-8-11-25-27(18-21)35-29(31-25)32-28-20-30(28)13-6-5-7-14-30/h3,8,10-12,15,18-19,28H,1,4-7,9,13-14,16-17,20H2,2H3,(H,31,32). The quantitative estimate of drug-likeness (QED) is 0.386. The molecule has 1 atom stereocenters. The highest BCUT2D eigenvalue weighted by Crippen LogP contribution is 2.57. The van der Waals surface area contributed by atoms with E-state index in [0.717, 1.165) is 35.7 Å². The van der Waals surface area contributed by atoms with Gasteiger partial charge in [-0.05, 0) is 66.9 Å². The van der Waals surface area contributed by atoms with Gasteiger partial charge in [-0.2, -0.15) is 0 Å². The van der Waals surface area contributed by atoms with Crippen molar-refractivity contribution in [2.45, 2.75) is 70.8 Å². The summed E-state index contributed by atoms with van der Waals surface area (Å²) in [6, 6.07) is 7.41. The third-order valence-corrected chi connectivity index (χ3v) is 9.10. The highest BCUT2D eigenvalue weighted by Gasteiger charge is 2.54. The van der Waals surface area contributed by atoms with E-state index in [-0.39, 0.29) is 0 Å². The summed E-state index contributed by atoms with van der Waals surface area (Å²) < 4.78 is 7.09. The molecule has 0 bridgehead atoms. The predicted octanol–water partition coefficient (Wildman–Crippen LogP) is 7.84. The molecule has 1 aromatic carbocycles. The van der Waals surface area contributed by atoms with Crippen LogP contribution in [0.15, 0.2) is 78.0 Å². The Kier molecular flexibility index (Phi) is 6.05. The molecule has 1 spiro atoms. The third-order valence-electron chi connectivity index (χ3n) is 8.15. The van der Waals surface area contributed by atoms with Gasteiger partial charge in [0.05, 0.1) is 10.2 Å². The average Bonchev–Trinajstić information content (AvgIpc) is 3.35. The summed E-state index contributed by atoms with van der Waals surface area (Å²) >= 11 is 1.81. The molecule has 0 radical (unpaired) electrons. The van der Waals surface area contributed by atoms with Gasteiger partial charge >= 0.3 is 0 Å². The monoisotopic (exact) mass is 485 g/mol. The number of benzene rings is 1. The van der Waals surface area contributed by atoms with Crippen molar-refractivity contribution >= 4 is 26.7 Å².